The summed E-state index contributed by atoms with van der Waals surface area (Å²) in [6.07, 6.45) is 0. The number of thioether (sulfide) groups is 1. The van der Waals surface area contributed by atoms with Crippen LogP contribution in [0.25, 0.3) is 0 Å². The van der Waals surface area contributed by atoms with Crippen molar-refractivity contribution in [3.8, 4) is 0 Å². The summed E-state index contributed by atoms with van der Waals surface area (Å²) >= 11 is 1.51. The number of hydrogen-bond acceptors (Lipinski definition) is 3. The van der Waals surface area contributed by atoms with Crippen molar-refractivity contribution in [2.45, 2.75) is 25.8 Å². The molecule has 1 N–H and O–H groups in total. The number of nitrogens with one attached hydrogen (secondary N) is 1. The highest BCUT2D eigenvalue weighted by Gasteiger charge is 2.34. The van der Waals surface area contributed by atoms with Crippen LogP contribution in [0, 0.1) is 19.7 Å². The van der Waals surface area contributed by atoms with E-state index in [0.717, 1.165) is 27.9 Å². The molecule has 1 aliphatic rings. The first-order valence-electron chi connectivity index (χ1n) is 10.1. The normalized spacial score (nSPS) is 15.9. The quantitative estimate of drug-likeness (QED) is 0.604. The highest BCUT2D eigenvalue weighted by atomic mass is 32.2. The van der Waals surface area contributed by atoms with E-state index in [2.05, 4.69) is 5.32 Å². The second-order valence-electron chi connectivity index (χ2n) is 7.65. The third kappa shape index (κ3) is 4.64. The molecule has 158 valence electrons. The molecule has 0 spiro atoms. The summed E-state index contributed by atoms with van der Waals surface area (Å²) in [4.78, 5) is 27.0. The molecule has 0 aromatic heterocycles. The molecule has 1 heterocycles. The fourth-order valence-corrected chi connectivity index (χ4v) is 4.90. The molecule has 0 bridgehead atoms. The van der Waals surface area contributed by atoms with Crippen molar-refractivity contribution in [3.05, 3.63) is 100 Å². The fourth-order valence-electron chi connectivity index (χ4n) is 3.73. The van der Waals surface area contributed by atoms with Crippen LogP contribution >= 0.6 is 11.8 Å². The number of amides is 2. The number of hydrogen-bond donors (Lipinski definition) is 1. The largest absolute Gasteiger partial charge is 0.348 e. The first-order chi connectivity index (χ1) is 14.9. The Hall–Kier alpha value is -3.12. The Morgan fingerprint density at radius 3 is 2.58 bits per heavy atom. The topological polar surface area (TPSA) is 49.4 Å². The summed E-state index contributed by atoms with van der Waals surface area (Å²) in [5.74, 6) is -0.102. The van der Waals surface area contributed by atoms with Crippen molar-refractivity contribution < 1.29 is 14.0 Å². The molecule has 1 fully saturated rings. The monoisotopic (exact) mass is 434 g/mol. The molecule has 1 unspecified atom stereocenters. The minimum atomic E-state index is -0.304. The van der Waals surface area contributed by atoms with Crippen LogP contribution in [-0.2, 0) is 11.3 Å². The van der Waals surface area contributed by atoms with Crippen molar-refractivity contribution in [1.82, 2.24) is 5.32 Å². The van der Waals surface area contributed by atoms with E-state index >= 15 is 0 Å². The zero-order valence-electron chi connectivity index (χ0n) is 17.4. The van der Waals surface area contributed by atoms with Crippen LogP contribution in [0.2, 0.25) is 0 Å². The summed E-state index contributed by atoms with van der Waals surface area (Å²) in [7, 11) is 0. The smallest absolute Gasteiger partial charge is 0.251 e. The van der Waals surface area contributed by atoms with Crippen LogP contribution in [0.3, 0.4) is 0 Å². The van der Waals surface area contributed by atoms with Crippen LogP contribution < -0.4 is 10.2 Å². The van der Waals surface area contributed by atoms with Gasteiger partial charge in [0.2, 0.25) is 5.91 Å². The summed E-state index contributed by atoms with van der Waals surface area (Å²) in [6, 6.07) is 19.6. The van der Waals surface area contributed by atoms with Crippen LogP contribution in [-0.4, -0.2) is 17.6 Å². The third-order valence-corrected chi connectivity index (χ3v) is 6.49. The van der Waals surface area contributed by atoms with Gasteiger partial charge in [0.1, 0.15) is 11.2 Å². The lowest BCUT2D eigenvalue weighted by Crippen LogP contribution is -2.29. The number of carbonyl (C=O) groups excluding carboxylic acids is 2. The van der Waals surface area contributed by atoms with Gasteiger partial charge in [0.15, 0.2) is 0 Å². The zero-order chi connectivity index (χ0) is 22.0. The lowest BCUT2D eigenvalue weighted by molar-refractivity contribution is -0.115. The number of carbonyl (C=O) groups is 2. The minimum absolute atomic E-state index is 0.000857. The van der Waals surface area contributed by atoms with Crippen molar-refractivity contribution in [2.75, 3.05) is 10.7 Å². The van der Waals surface area contributed by atoms with Gasteiger partial charge in [0, 0.05) is 17.8 Å². The fraction of sp³-hybridized carbons (Fsp3) is 0.200. The number of rotatable bonds is 5. The molecule has 0 aliphatic carbocycles. The Balaban J connectivity index is 1.52. The molecule has 4 rings (SSSR count). The Kier molecular flexibility index (Phi) is 6.09. The maximum atomic E-state index is 13.3. The number of anilines is 1. The molecule has 6 heteroatoms. The van der Waals surface area contributed by atoms with Crippen LogP contribution in [0.1, 0.15) is 38.0 Å². The molecule has 1 saturated heterocycles. The summed E-state index contributed by atoms with van der Waals surface area (Å²) in [6.45, 7) is 4.37. The number of halogens is 1. The average molecular weight is 435 g/mol. The van der Waals surface area contributed by atoms with E-state index in [0.29, 0.717) is 17.9 Å². The SMILES string of the molecule is Cc1cccc(CNC(=O)c2ccc(N3C(=O)CSC3c3ccc(F)cc3)c(C)c2)c1. The van der Waals surface area contributed by atoms with E-state index in [1.165, 1.54) is 23.9 Å². The van der Waals surface area contributed by atoms with E-state index in [1.807, 2.05) is 44.2 Å². The average Bonchev–Trinajstić information content (AvgIpc) is 3.13. The van der Waals surface area contributed by atoms with Crippen LogP contribution in [0.4, 0.5) is 10.1 Å². The van der Waals surface area contributed by atoms with E-state index in [-0.39, 0.29) is 23.0 Å². The van der Waals surface area contributed by atoms with Gasteiger partial charge in [-0.3, -0.25) is 14.5 Å². The summed E-state index contributed by atoms with van der Waals surface area (Å²) in [5, 5.41) is 2.73. The molecule has 1 atom stereocenters. The minimum Gasteiger partial charge on any atom is -0.348 e. The molecule has 1 aliphatic heterocycles. The summed E-state index contributed by atoms with van der Waals surface area (Å²) in [5.41, 5.74) is 5.22. The van der Waals surface area contributed by atoms with Gasteiger partial charge in [-0.15, -0.1) is 11.8 Å². The van der Waals surface area contributed by atoms with Crippen LogP contribution in [0.5, 0.6) is 0 Å². The molecule has 4 nitrogen and oxygen atoms in total. The first kappa shape index (κ1) is 21.1. The maximum absolute atomic E-state index is 13.3. The third-order valence-electron chi connectivity index (χ3n) is 5.28. The maximum Gasteiger partial charge on any atom is 0.251 e. The Labute approximate surface area is 185 Å². The molecule has 0 saturated carbocycles. The van der Waals surface area contributed by atoms with Crippen molar-refractivity contribution >= 4 is 29.3 Å². The second-order valence-corrected chi connectivity index (χ2v) is 8.72. The second kappa shape index (κ2) is 8.94. The standard InChI is InChI=1S/C25H23FN2O2S/c1-16-4-3-5-18(12-16)14-27-24(30)20-8-11-22(17(2)13-20)28-23(29)15-31-25(28)19-6-9-21(26)10-7-19/h3-13,25H,14-15H2,1-2H3,(H,27,30). The number of benzene rings is 3. The molecule has 31 heavy (non-hydrogen) atoms. The zero-order valence-corrected chi connectivity index (χ0v) is 18.2. The molecular weight excluding hydrogens is 411 g/mol. The van der Waals surface area contributed by atoms with Gasteiger partial charge in [0.05, 0.1) is 5.75 Å². The predicted molar refractivity (Wildman–Crippen MR) is 123 cm³/mol. The first-order valence-corrected chi connectivity index (χ1v) is 11.1. The highest BCUT2D eigenvalue weighted by molar-refractivity contribution is 8.00. The Morgan fingerprint density at radius 2 is 1.87 bits per heavy atom. The van der Waals surface area contributed by atoms with Crippen molar-refractivity contribution in [2.24, 2.45) is 0 Å². The molecule has 3 aromatic carbocycles. The van der Waals surface area contributed by atoms with Gasteiger partial charge in [-0.05, 0) is 60.9 Å². The highest BCUT2D eigenvalue weighted by Crippen LogP contribution is 2.42. The van der Waals surface area contributed by atoms with Crippen LogP contribution in [0.15, 0.2) is 66.7 Å². The van der Waals surface area contributed by atoms with Gasteiger partial charge in [-0.25, -0.2) is 4.39 Å². The molecule has 3 aromatic rings. The van der Waals surface area contributed by atoms with Gasteiger partial charge in [-0.1, -0.05) is 42.0 Å². The van der Waals surface area contributed by atoms with Gasteiger partial charge in [0.25, 0.3) is 5.91 Å². The summed E-state index contributed by atoms with van der Waals surface area (Å²) < 4.78 is 13.3. The van der Waals surface area contributed by atoms with Gasteiger partial charge >= 0.3 is 0 Å². The van der Waals surface area contributed by atoms with E-state index < -0.39 is 0 Å². The lowest BCUT2D eigenvalue weighted by atomic mass is 10.1. The van der Waals surface area contributed by atoms with Crippen molar-refractivity contribution in [3.63, 3.8) is 0 Å². The molecule has 0 radical (unpaired) electrons. The van der Waals surface area contributed by atoms with Gasteiger partial charge < -0.3 is 5.32 Å². The number of aryl methyl sites for hydroxylation is 2. The van der Waals surface area contributed by atoms with Crippen molar-refractivity contribution in [1.29, 1.82) is 0 Å². The van der Waals surface area contributed by atoms with E-state index in [1.54, 1.807) is 29.2 Å². The lowest BCUT2D eigenvalue weighted by Gasteiger charge is -2.26. The van der Waals surface area contributed by atoms with Gasteiger partial charge in [-0.2, -0.15) is 0 Å². The molecular formula is C25H23FN2O2S. The van der Waals surface area contributed by atoms with E-state index in [9.17, 15) is 14.0 Å². The Morgan fingerprint density at radius 1 is 1.10 bits per heavy atom. The predicted octanol–water partition coefficient (Wildman–Crippen LogP) is 5.15. The Bertz CT molecular complexity index is 1130. The van der Waals surface area contributed by atoms with E-state index in [4.69, 9.17) is 0 Å². The molecule has 2 amide bonds. The number of nitrogens with zero attached hydrogens (tertiary/aromatic N) is 1.